The first-order valence-corrected chi connectivity index (χ1v) is 10.8. The Kier molecular flexibility index (Phi) is 4.83. The molecule has 3 aliphatic heterocycles. The molecule has 5 rings (SSSR count). The minimum absolute atomic E-state index is 0.0497. The summed E-state index contributed by atoms with van der Waals surface area (Å²) in [6, 6.07) is 7.81. The Labute approximate surface area is 180 Å². The molecule has 1 aromatic heterocycles. The summed E-state index contributed by atoms with van der Waals surface area (Å²) in [7, 11) is 1.74. The number of carbonyl (C=O) groups excluding carboxylic acids is 3. The van der Waals surface area contributed by atoms with Gasteiger partial charge in [-0.05, 0) is 25.0 Å². The average Bonchev–Trinajstić information content (AvgIpc) is 3.41. The van der Waals surface area contributed by atoms with Crippen LogP contribution in [0.1, 0.15) is 19.3 Å². The van der Waals surface area contributed by atoms with Crippen LogP contribution in [0.2, 0.25) is 0 Å². The third kappa shape index (κ3) is 3.51. The van der Waals surface area contributed by atoms with Crippen molar-refractivity contribution in [3.63, 3.8) is 0 Å². The summed E-state index contributed by atoms with van der Waals surface area (Å²) in [6.07, 6.45) is 3.47. The fraction of sp³-hybridized carbons (Fsp3) is 0.545. The van der Waals surface area contributed by atoms with Gasteiger partial charge in [0.15, 0.2) is 0 Å². The van der Waals surface area contributed by atoms with E-state index in [2.05, 4.69) is 4.98 Å². The average molecular weight is 425 g/mol. The van der Waals surface area contributed by atoms with Crippen LogP contribution in [0, 0.1) is 5.41 Å². The molecule has 3 amide bonds. The second-order valence-electron chi connectivity index (χ2n) is 8.90. The third-order valence-corrected chi connectivity index (χ3v) is 6.95. The van der Waals surface area contributed by atoms with Crippen LogP contribution >= 0.6 is 0 Å². The van der Waals surface area contributed by atoms with E-state index in [-0.39, 0.29) is 30.6 Å². The van der Waals surface area contributed by atoms with Crippen molar-refractivity contribution in [2.75, 3.05) is 39.8 Å². The first-order chi connectivity index (χ1) is 14.9. The van der Waals surface area contributed by atoms with Gasteiger partial charge in [0.25, 0.3) is 0 Å². The van der Waals surface area contributed by atoms with E-state index in [0.29, 0.717) is 52.0 Å². The maximum atomic E-state index is 12.8. The molecule has 1 spiro atoms. The maximum absolute atomic E-state index is 12.8. The molecular weight excluding hydrogens is 398 g/mol. The molecule has 2 aromatic rings. The molecule has 1 unspecified atom stereocenters. The van der Waals surface area contributed by atoms with E-state index in [1.807, 2.05) is 28.8 Å². The zero-order valence-electron chi connectivity index (χ0n) is 17.7. The lowest BCUT2D eigenvalue weighted by molar-refractivity contribution is -0.152. The van der Waals surface area contributed by atoms with Gasteiger partial charge >= 0.3 is 12.0 Å². The number of aromatic nitrogens is 2. The van der Waals surface area contributed by atoms with E-state index in [4.69, 9.17) is 4.74 Å². The molecule has 3 aliphatic rings. The van der Waals surface area contributed by atoms with Crippen molar-refractivity contribution < 1.29 is 19.1 Å². The van der Waals surface area contributed by atoms with Gasteiger partial charge < -0.3 is 24.0 Å². The van der Waals surface area contributed by atoms with Crippen molar-refractivity contribution >= 4 is 28.9 Å². The van der Waals surface area contributed by atoms with Crippen molar-refractivity contribution in [3.8, 4) is 0 Å². The molecule has 31 heavy (non-hydrogen) atoms. The van der Waals surface area contributed by atoms with Gasteiger partial charge in [-0.3, -0.25) is 9.59 Å². The van der Waals surface area contributed by atoms with Crippen LogP contribution in [0.4, 0.5) is 4.79 Å². The number of amides is 3. The van der Waals surface area contributed by atoms with E-state index in [1.165, 1.54) is 0 Å². The summed E-state index contributed by atoms with van der Waals surface area (Å²) in [6.45, 7) is 2.96. The van der Waals surface area contributed by atoms with Crippen LogP contribution < -0.4 is 0 Å². The molecule has 4 heterocycles. The number of fused-ring (bicyclic) bond motifs is 1. The molecule has 1 atom stereocenters. The highest BCUT2D eigenvalue weighted by Crippen LogP contribution is 2.43. The second-order valence-corrected chi connectivity index (χ2v) is 8.90. The molecule has 3 saturated heterocycles. The normalized spacial score (nSPS) is 23.3. The van der Waals surface area contributed by atoms with Crippen LogP contribution in [-0.2, 0) is 20.9 Å². The molecule has 0 aliphatic carbocycles. The van der Waals surface area contributed by atoms with E-state index in [0.717, 1.165) is 11.0 Å². The van der Waals surface area contributed by atoms with Crippen molar-refractivity contribution in [1.29, 1.82) is 0 Å². The summed E-state index contributed by atoms with van der Waals surface area (Å²) < 4.78 is 7.79. The maximum Gasteiger partial charge on any atom is 0.320 e. The Bertz CT molecular complexity index is 1030. The third-order valence-electron chi connectivity index (χ3n) is 6.95. The van der Waals surface area contributed by atoms with Crippen molar-refractivity contribution in [2.24, 2.45) is 5.41 Å². The molecule has 1 aromatic carbocycles. The lowest BCUT2D eigenvalue weighted by atomic mass is 9.76. The number of benzene rings is 1. The highest BCUT2D eigenvalue weighted by Gasteiger charge is 2.51. The van der Waals surface area contributed by atoms with Crippen molar-refractivity contribution in [2.45, 2.75) is 31.9 Å². The first-order valence-electron chi connectivity index (χ1n) is 10.8. The Morgan fingerprint density at radius 3 is 2.68 bits per heavy atom. The van der Waals surface area contributed by atoms with Crippen molar-refractivity contribution in [3.05, 3.63) is 30.6 Å². The molecule has 0 N–H and O–H groups in total. The topological polar surface area (TPSA) is 88.0 Å². The van der Waals surface area contributed by atoms with Crippen LogP contribution in [0.5, 0.6) is 0 Å². The summed E-state index contributed by atoms with van der Waals surface area (Å²) in [5.74, 6) is -0.198. The predicted octanol–water partition coefficient (Wildman–Crippen LogP) is 1.33. The molecule has 9 nitrogen and oxygen atoms in total. The number of hydrogen-bond acceptors (Lipinski definition) is 5. The molecule has 0 saturated carbocycles. The van der Waals surface area contributed by atoms with Gasteiger partial charge in [-0.15, -0.1) is 0 Å². The Morgan fingerprint density at radius 2 is 1.94 bits per heavy atom. The number of cyclic esters (lactones) is 1. The van der Waals surface area contributed by atoms with Gasteiger partial charge in [0.05, 0.1) is 29.3 Å². The molecular formula is C22H27N5O4. The zero-order chi connectivity index (χ0) is 21.6. The quantitative estimate of drug-likeness (QED) is 0.690. The van der Waals surface area contributed by atoms with Crippen LogP contribution in [-0.4, -0.2) is 88.0 Å². The SMILES string of the molecule is CN1CCN(CC(=O)N2CCC3(CC2)CC(Cn2cnc4ccccc42)OC3=O)C1=O. The fourth-order valence-corrected chi connectivity index (χ4v) is 5.02. The number of hydrogen-bond donors (Lipinski definition) is 0. The van der Waals surface area contributed by atoms with Gasteiger partial charge in [0.1, 0.15) is 12.6 Å². The minimum atomic E-state index is -0.512. The lowest BCUT2D eigenvalue weighted by Gasteiger charge is -2.37. The summed E-state index contributed by atoms with van der Waals surface area (Å²) in [5.41, 5.74) is 1.44. The first kappa shape index (κ1) is 19.8. The van der Waals surface area contributed by atoms with Crippen LogP contribution in [0.15, 0.2) is 30.6 Å². The highest BCUT2D eigenvalue weighted by atomic mass is 16.6. The predicted molar refractivity (Wildman–Crippen MR) is 112 cm³/mol. The van der Waals surface area contributed by atoms with Gasteiger partial charge in [0, 0.05) is 39.6 Å². The number of para-hydroxylation sites is 2. The number of ether oxygens (including phenoxy) is 1. The Hall–Kier alpha value is -3.10. The number of imidazole rings is 1. The molecule has 9 heteroatoms. The fourth-order valence-electron chi connectivity index (χ4n) is 5.02. The monoisotopic (exact) mass is 425 g/mol. The number of likely N-dealkylation sites (N-methyl/N-ethyl adjacent to an activating group) is 1. The van der Waals surface area contributed by atoms with Crippen molar-refractivity contribution in [1.82, 2.24) is 24.3 Å². The lowest BCUT2D eigenvalue weighted by Crippen LogP contribution is -2.48. The zero-order valence-corrected chi connectivity index (χ0v) is 17.7. The van der Waals surface area contributed by atoms with Gasteiger partial charge in [0.2, 0.25) is 5.91 Å². The van der Waals surface area contributed by atoms with Crippen LogP contribution in [0.25, 0.3) is 11.0 Å². The smallest absolute Gasteiger partial charge is 0.320 e. The highest BCUT2D eigenvalue weighted by molar-refractivity contribution is 5.85. The number of esters is 1. The summed E-state index contributed by atoms with van der Waals surface area (Å²) >= 11 is 0. The van der Waals surface area contributed by atoms with Gasteiger partial charge in [-0.2, -0.15) is 0 Å². The largest absolute Gasteiger partial charge is 0.460 e. The number of likely N-dealkylation sites (tertiary alicyclic amines) is 1. The molecule has 0 bridgehead atoms. The van der Waals surface area contributed by atoms with Crippen LogP contribution in [0.3, 0.4) is 0 Å². The summed E-state index contributed by atoms with van der Waals surface area (Å²) in [5, 5.41) is 0. The second kappa shape index (κ2) is 7.55. The minimum Gasteiger partial charge on any atom is -0.460 e. The Balaban J connectivity index is 1.19. The number of piperidine rings is 1. The number of nitrogens with zero attached hydrogens (tertiary/aromatic N) is 5. The molecule has 0 radical (unpaired) electrons. The Morgan fingerprint density at radius 1 is 1.16 bits per heavy atom. The standard InChI is InChI=1S/C22H27N5O4/c1-24-10-11-26(21(24)30)14-19(28)25-8-6-22(7-9-25)12-16(31-20(22)29)13-27-15-23-17-4-2-3-5-18(17)27/h2-5,15-16H,6-14H2,1H3. The summed E-state index contributed by atoms with van der Waals surface area (Å²) in [4.78, 5) is 46.9. The van der Waals surface area contributed by atoms with E-state index in [1.54, 1.807) is 28.1 Å². The van der Waals surface area contributed by atoms with Gasteiger partial charge in [-0.25, -0.2) is 9.78 Å². The van der Waals surface area contributed by atoms with E-state index >= 15 is 0 Å². The molecule has 164 valence electrons. The van der Waals surface area contributed by atoms with Gasteiger partial charge in [-0.1, -0.05) is 12.1 Å². The number of carbonyl (C=O) groups is 3. The van der Waals surface area contributed by atoms with E-state index < -0.39 is 5.41 Å². The number of rotatable bonds is 4. The van der Waals surface area contributed by atoms with E-state index in [9.17, 15) is 14.4 Å². The molecule has 3 fully saturated rings. The number of urea groups is 1.